The number of hydrogen-bond donors (Lipinski definition) is 0. The number of aromatic nitrogens is 6. The molecule has 0 aliphatic heterocycles. The van der Waals surface area contributed by atoms with Crippen molar-refractivity contribution in [3.8, 4) is 67.5 Å². The predicted octanol–water partition coefficient (Wildman–Crippen LogP) is 16.8. The van der Waals surface area contributed by atoms with E-state index in [1.807, 2.05) is 0 Å². The highest BCUT2D eigenvalue weighted by Gasteiger charge is 2.18. The summed E-state index contributed by atoms with van der Waals surface area (Å²) in [6, 6.07) is 76.7. The molecule has 0 amide bonds. The molecule has 0 N–H and O–H groups in total. The van der Waals surface area contributed by atoms with Gasteiger partial charge in [0.15, 0.2) is 37.2 Å². The van der Waals surface area contributed by atoms with Gasteiger partial charge >= 0.3 is 0 Å². The Labute approximate surface area is 539 Å². The molecule has 12 aromatic rings. The van der Waals surface area contributed by atoms with Gasteiger partial charge in [0.05, 0.1) is 11.1 Å². The molecule has 0 spiro atoms. The maximum Gasteiger partial charge on any atom is 0.215 e. The fourth-order valence-corrected chi connectivity index (χ4v) is 11.6. The minimum absolute atomic E-state index is 1.26. The van der Waals surface area contributed by atoms with Gasteiger partial charge in [0.25, 0.3) is 0 Å². The highest BCUT2D eigenvalue weighted by molar-refractivity contribution is 5.68. The molecule has 6 aromatic carbocycles. The fraction of sp³-hybridized carbons (Fsp3) is 0.214. The summed E-state index contributed by atoms with van der Waals surface area (Å²) in [5.41, 5.74) is 31.5. The number of aryl methyl sites for hydroxylation is 18. The van der Waals surface area contributed by atoms with Crippen LogP contribution in [-0.4, -0.2) is 0 Å². The standard InChI is InChI=1S/6C14H16N/c2*1-11-7-6-8-12(2)14(11)13-9-4-5-10-15(13)3;2*1-11-7-4-5-9-13(11)14-12(2)8-6-10-15(14)3;2*1-11-7-8-12(2)13(10-11)14-6-4-5-9-15(14)3/h6*4-10H,1-3H3/q6*+1. The fourth-order valence-electron chi connectivity index (χ4n) is 11.6. The molecule has 0 radical (unpaired) electrons. The van der Waals surface area contributed by atoms with Gasteiger partial charge in [0.1, 0.15) is 42.3 Å². The lowest BCUT2D eigenvalue weighted by Crippen LogP contribution is -2.31. The summed E-state index contributed by atoms with van der Waals surface area (Å²) < 4.78 is 13.0. The van der Waals surface area contributed by atoms with Crippen molar-refractivity contribution in [2.75, 3.05) is 0 Å². The lowest BCUT2D eigenvalue weighted by atomic mass is 9.99. The van der Waals surface area contributed by atoms with Crippen LogP contribution in [0.5, 0.6) is 0 Å². The summed E-state index contributed by atoms with van der Waals surface area (Å²) in [6.45, 7) is 25.8. The van der Waals surface area contributed by atoms with Gasteiger partial charge in [0.2, 0.25) is 34.2 Å². The van der Waals surface area contributed by atoms with Crippen LogP contribution in [0.1, 0.15) is 66.8 Å². The Morgan fingerprint density at radius 2 is 0.444 bits per heavy atom. The first-order valence-electron chi connectivity index (χ1n) is 31.3. The normalized spacial score (nSPS) is 10.3. The van der Waals surface area contributed by atoms with E-state index in [1.54, 1.807) is 0 Å². The van der Waals surface area contributed by atoms with E-state index in [1.165, 1.54) is 134 Å². The highest BCUT2D eigenvalue weighted by atomic mass is 14.9. The van der Waals surface area contributed by atoms with Crippen molar-refractivity contribution in [2.45, 2.75) is 83.1 Å². The first kappa shape index (κ1) is 67.7. The summed E-state index contributed by atoms with van der Waals surface area (Å²) in [7, 11) is 12.5. The Morgan fingerprint density at radius 3 is 0.744 bits per heavy atom. The van der Waals surface area contributed by atoms with E-state index in [0.29, 0.717) is 0 Å². The summed E-state index contributed by atoms with van der Waals surface area (Å²) in [4.78, 5) is 0. The maximum absolute atomic E-state index is 2.24. The van der Waals surface area contributed by atoms with Gasteiger partial charge in [-0.1, -0.05) is 108 Å². The highest BCUT2D eigenvalue weighted by Crippen LogP contribution is 2.28. The van der Waals surface area contributed by atoms with Crippen LogP contribution in [-0.2, 0) is 42.3 Å². The van der Waals surface area contributed by atoms with Crippen LogP contribution in [0.2, 0.25) is 0 Å². The van der Waals surface area contributed by atoms with E-state index in [9.17, 15) is 0 Å². The molecule has 0 saturated heterocycles. The number of hydrogen-bond acceptors (Lipinski definition) is 0. The molecule has 6 aromatic heterocycles. The minimum Gasteiger partial charge on any atom is -0.201 e. The zero-order valence-corrected chi connectivity index (χ0v) is 56.9. The molecular weight excluding hydrogens is 1090 g/mol. The Morgan fingerprint density at radius 1 is 0.189 bits per heavy atom. The van der Waals surface area contributed by atoms with Crippen LogP contribution >= 0.6 is 0 Å². The SMILES string of the molecule is Cc1ccc(C)c(-c2cccc[n+]2C)c1.Cc1ccc(C)c(-c2cccc[n+]2C)c1.Cc1cccc(C)c1-c1cccc[n+]1C.Cc1cccc(C)c1-c1cccc[n+]1C.Cc1ccccc1-c1c(C)ccc[n+]1C.Cc1ccccc1-c1c(C)ccc[n+]1C. The number of pyridine rings is 6. The van der Waals surface area contributed by atoms with E-state index in [0.717, 1.165) is 0 Å². The Balaban J connectivity index is 0.000000154. The summed E-state index contributed by atoms with van der Waals surface area (Å²) in [5.74, 6) is 0. The van der Waals surface area contributed by atoms with E-state index in [2.05, 4.69) is 408 Å². The third-order valence-corrected chi connectivity index (χ3v) is 16.6. The van der Waals surface area contributed by atoms with Gasteiger partial charge in [-0.05, 0) is 188 Å². The smallest absolute Gasteiger partial charge is 0.201 e. The van der Waals surface area contributed by atoms with Gasteiger partial charge in [-0.15, -0.1) is 0 Å². The average Bonchev–Trinajstić information content (AvgIpc) is 2.37. The molecule has 0 fully saturated rings. The van der Waals surface area contributed by atoms with Gasteiger partial charge in [-0.3, -0.25) is 0 Å². The first-order valence-corrected chi connectivity index (χ1v) is 31.3. The molecule has 0 aliphatic carbocycles. The molecule has 0 saturated carbocycles. The molecular formula is C84H96N6+6. The monoisotopic (exact) mass is 1190 g/mol. The van der Waals surface area contributed by atoms with Gasteiger partial charge in [0, 0.05) is 94.0 Å². The number of rotatable bonds is 6. The van der Waals surface area contributed by atoms with Crippen molar-refractivity contribution in [3.63, 3.8) is 0 Å². The van der Waals surface area contributed by atoms with Crippen LogP contribution in [0, 0.1) is 83.1 Å². The molecule has 6 heteroatoms. The molecule has 0 aliphatic rings. The quantitative estimate of drug-likeness (QED) is 0.148. The predicted molar refractivity (Wildman–Crippen MR) is 375 cm³/mol. The van der Waals surface area contributed by atoms with Crippen molar-refractivity contribution in [3.05, 3.63) is 322 Å². The molecule has 90 heavy (non-hydrogen) atoms. The van der Waals surface area contributed by atoms with Gasteiger partial charge in [-0.2, -0.15) is 0 Å². The molecule has 0 atom stereocenters. The topological polar surface area (TPSA) is 23.3 Å². The van der Waals surface area contributed by atoms with Crippen LogP contribution in [0.4, 0.5) is 0 Å². The third-order valence-electron chi connectivity index (χ3n) is 16.6. The van der Waals surface area contributed by atoms with Gasteiger partial charge < -0.3 is 0 Å². The number of nitrogens with zero attached hydrogens (tertiary/aromatic N) is 6. The van der Waals surface area contributed by atoms with Gasteiger partial charge in [-0.25, -0.2) is 27.4 Å². The number of benzene rings is 6. The minimum atomic E-state index is 1.26. The van der Waals surface area contributed by atoms with E-state index in [-0.39, 0.29) is 0 Å². The summed E-state index contributed by atoms with van der Waals surface area (Å²) in [6.07, 6.45) is 12.5. The van der Waals surface area contributed by atoms with Crippen LogP contribution in [0.25, 0.3) is 67.5 Å². The molecule has 6 nitrogen and oxygen atoms in total. The summed E-state index contributed by atoms with van der Waals surface area (Å²) in [5, 5.41) is 0. The molecule has 0 bridgehead atoms. The second kappa shape index (κ2) is 32.4. The van der Waals surface area contributed by atoms with Crippen molar-refractivity contribution in [1.82, 2.24) is 0 Å². The molecule has 6 heterocycles. The van der Waals surface area contributed by atoms with E-state index < -0.39 is 0 Å². The lowest BCUT2D eigenvalue weighted by Gasteiger charge is -2.07. The van der Waals surface area contributed by atoms with Crippen molar-refractivity contribution in [2.24, 2.45) is 42.3 Å². The second-order valence-corrected chi connectivity index (χ2v) is 23.9. The van der Waals surface area contributed by atoms with Crippen LogP contribution in [0.3, 0.4) is 0 Å². The summed E-state index contributed by atoms with van der Waals surface area (Å²) >= 11 is 0. The third kappa shape index (κ3) is 17.7. The Kier molecular flexibility index (Phi) is 24.4. The van der Waals surface area contributed by atoms with E-state index in [4.69, 9.17) is 0 Å². The van der Waals surface area contributed by atoms with Crippen LogP contribution < -0.4 is 27.4 Å². The lowest BCUT2D eigenvalue weighted by molar-refractivity contribution is -0.660. The maximum atomic E-state index is 2.24. The Hall–Kier alpha value is -9.78. The molecule has 12 rings (SSSR count). The first-order chi connectivity index (χ1) is 43.2. The van der Waals surface area contributed by atoms with Crippen LogP contribution in [0.15, 0.2) is 256 Å². The Bertz CT molecular complexity index is 3820. The average molecular weight is 1190 g/mol. The zero-order chi connectivity index (χ0) is 65.0. The second-order valence-electron chi connectivity index (χ2n) is 23.9. The van der Waals surface area contributed by atoms with Crippen molar-refractivity contribution >= 4 is 0 Å². The largest absolute Gasteiger partial charge is 0.215 e. The molecule has 0 unspecified atom stereocenters. The molecule has 456 valence electrons. The van der Waals surface area contributed by atoms with Crippen molar-refractivity contribution < 1.29 is 27.4 Å². The van der Waals surface area contributed by atoms with E-state index >= 15 is 0 Å². The van der Waals surface area contributed by atoms with Crippen molar-refractivity contribution in [1.29, 1.82) is 0 Å². The zero-order valence-electron chi connectivity index (χ0n) is 56.9.